The van der Waals surface area contributed by atoms with E-state index in [0.717, 1.165) is 47.0 Å². The number of benzene rings is 2. The van der Waals surface area contributed by atoms with E-state index in [-0.39, 0.29) is 17.7 Å². The van der Waals surface area contributed by atoms with E-state index in [0.29, 0.717) is 24.3 Å². The quantitative estimate of drug-likeness (QED) is 0.515. The van der Waals surface area contributed by atoms with E-state index in [4.69, 9.17) is 4.42 Å². The van der Waals surface area contributed by atoms with Gasteiger partial charge in [-0.25, -0.2) is 0 Å². The first-order chi connectivity index (χ1) is 15.1. The molecule has 0 saturated carbocycles. The number of hydrogen-bond donors (Lipinski definition) is 2. The second-order valence-corrected chi connectivity index (χ2v) is 8.35. The van der Waals surface area contributed by atoms with Crippen LogP contribution in [0, 0.1) is 12.8 Å². The zero-order chi connectivity index (χ0) is 21.4. The van der Waals surface area contributed by atoms with Gasteiger partial charge < -0.3 is 19.6 Å². The van der Waals surface area contributed by atoms with Gasteiger partial charge in [0.1, 0.15) is 17.0 Å². The minimum Gasteiger partial charge on any atom is -0.461 e. The maximum atomic E-state index is 13.1. The Bertz CT molecular complexity index is 1240. The molecular weight excluding hydrogens is 390 g/mol. The molecule has 5 rings (SSSR count). The molecule has 3 heterocycles. The van der Waals surface area contributed by atoms with Crippen LogP contribution >= 0.6 is 0 Å². The van der Waals surface area contributed by atoms with E-state index in [2.05, 4.69) is 10.3 Å². The fraction of sp³-hybridized carbons (Fsp3) is 0.280. The van der Waals surface area contributed by atoms with Crippen LogP contribution in [0.15, 0.2) is 59.0 Å². The highest BCUT2D eigenvalue weighted by Gasteiger charge is 2.25. The van der Waals surface area contributed by atoms with Gasteiger partial charge in [-0.3, -0.25) is 9.59 Å². The number of para-hydroxylation sites is 1. The van der Waals surface area contributed by atoms with Gasteiger partial charge >= 0.3 is 0 Å². The van der Waals surface area contributed by atoms with Gasteiger partial charge in [-0.1, -0.05) is 18.2 Å². The topological polar surface area (TPSA) is 78.3 Å². The highest BCUT2D eigenvalue weighted by atomic mass is 16.3. The van der Waals surface area contributed by atoms with Gasteiger partial charge in [-0.2, -0.15) is 0 Å². The van der Waals surface area contributed by atoms with Crippen molar-refractivity contribution in [3.8, 4) is 0 Å². The number of furan rings is 1. The van der Waals surface area contributed by atoms with Gasteiger partial charge in [0.2, 0.25) is 0 Å². The molecule has 4 aromatic rings. The maximum absolute atomic E-state index is 13.1. The molecule has 1 aliphatic heterocycles. The predicted molar refractivity (Wildman–Crippen MR) is 120 cm³/mol. The summed E-state index contributed by atoms with van der Waals surface area (Å²) in [4.78, 5) is 30.7. The lowest BCUT2D eigenvalue weighted by Gasteiger charge is -2.33. The first-order valence-electron chi connectivity index (χ1n) is 10.7. The molecule has 6 heteroatoms. The van der Waals surface area contributed by atoms with E-state index in [1.165, 1.54) is 0 Å². The first-order valence-corrected chi connectivity index (χ1v) is 10.7. The molecule has 0 radical (unpaired) electrons. The molecule has 1 aliphatic rings. The maximum Gasteiger partial charge on any atom is 0.267 e. The Morgan fingerprint density at radius 1 is 1.13 bits per heavy atom. The minimum atomic E-state index is -0.111. The second kappa shape index (κ2) is 7.95. The zero-order valence-corrected chi connectivity index (χ0v) is 17.5. The molecule has 1 unspecified atom stereocenters. The predicted octanol–water partition coefficient (Wildman–Crippen LogP) is 4.50. The Hall–Kier alpha value is -3.54. The molecule has 158 valence electrons. The van der Waals surface area contributed by atoms with E-state index in [1.54, 1.807) is 0 Å². The van der Waals surface area contributed by atoms with E-state index < -0.39 is 0 Å². The van der Waals surface area contributed by atoms with Crippen LogP contribution in [0.5, 0.6) is 0 Å². The van der Waals surface area contributed by atoms with Gasteiger partial charge in [-0.05, 0) is 62.1 Å². The van der Waals surface area contributed by atoms with Crippen molar-refractivity contribution in [2.45, 2.75) is 19.8 Å². The summed E-state index contributed by atoms with van der Waals surface area (Å²) >= 11 is 0. The third-order valence-corrected chi connectivity index (χ3v) is 6.02. The summed E-state index contributed by atoms with van der Waals surface area (Å²) in [6.07, 6.45) is 1.93. The normalized spacial score (nSPS) is 16.7. The van der Waals surface area contributed by atoms with E-state index in [9.17, 15) is 9.59 Å². The highest BCUT2D eigenvalue weighted by Crippen LogP contribution is 2.23. The third-order valence-electron chi connectivity index (χ3n) is 6.02. The molecule has 2 aromatic carbocycles. The van der Waals surface area contributed by atoms with Gasteiger partial charge in [0.25, 0.3) is 11.8 Å². The summed E-state index contributed by atoms with van der Waals surface area (Å²) in [5.74, 6) is 1.00. The fourth-order valence-corrected chi connectivity index (χ4v) is 4.44. The van der Waals surface area contributed by atoms with Gasteiger partial charge in [0.15, 0.2) is 0 Å². The molecule has 0 spiro atoms. The number of hydrogen-bond acceptors (Lipinski definition) is 3. The molecule has 0 bridgehead atoms. The Labute approximate surface area is 180 Å². The third kappa shape index (κ3) is 3.93. The summed E-state index contributed by atoms with van der Waals surface area (Å²) in [5, 5.41) is 5.00. The average molecular weight is 415 g/mol. The number of amides is 2. The molecule has 1 atom stereocenters. The van der Waals surface area contributed by atoms with Crippen molar-refractivity contribution in [3.05, 3.63) is 71.6 Å². The minimum absolute atomic E-state index is 0.0346. The summed E-state index contributed by atoms with van der Waals surface area (Å²) in [7, 11) is 0. The number of nitrogens with zero attached hydrogens (tertiary/aromatic N) is 1. The smallest absolute Gasteiger partial charge is 0.267 e. The van der Waals surface area contributed by atoms with Crippen molar-refractivity contribution in [2.75, 3.05) is 19.6 Å². The van der Waals surface area contributed by atoms with Crippen LogP contribution in [0.1, 0.15) is 39.4 Å². The van der Waals surface area contributed by atoms with Crippen molar-refractivity contribution in [2.24, 2.45) is 5.92 Å². The molecule has 2 aromatic heterocycles. The standard InChI is InChI=1S/C25H25N3O3/c1-16-11-20-12-19(8-9-23(20)31-16)25(30)28-10-4-5-17(15-28)14-26-24(29)22-13-18-6-2-3-7-21(18)27-22/h2-3,6-9,11-13,17,27H,4-5,10,14-15H2,1H3,(H,26,29). The van der Waals surface area contributed by atoms with Crippen LogP contribution < -0.4 is 5.32 Å². The Balaban J connectivity index is 1.22. The zero-order valence-electron chi connectivity index (χ0n) is 17.5. The number of H-pyrrole nitrogens is 1. The van der Waals surface area contributed by atoms with Crippen LogP contribution in [-0.2, 0) is 0 Å². The average Bonchev–Trinajstić information content (AvgIpc) is 3.39. The Morgan fingerprint density at radius 3 is 2.87 bits per heavy atom. The van der Waals surface area contributed by atoms with Crippen molar-refractivity contribution in [1.29, 1.82) is 0 Å². The lowest BCUT2D eigenvalue weighted by molar-refractivity contribution is 0.0671. The molecule has 6 nitrogen and oxygen atoms in total. The number of carbonyl (C=O) groups is 2. The largest absolute Gasteiger partial charge is 0.461 e. The molecular formula is C25H25N3O3. The number of nitrogens with one attached hydrogen (secondary N) is 2. The van der Waals surface area contributed by atoms with Crippen LogP contribution in [0.25, 0.3) is 21.9 Å². The monoisotopic (exact) mass is 415 g/mol. The molecule has 1 fully saturated rings. The van der Waals surface area contributed by atoms with E-state index >= 15 is 0 Å². The number of fused-ring (bicyclic) bond motifs is 2. The van der Waals surface area contributed by atoms with Crippen LogP contribution in [0.2, 0.25) is 0 Å². The number of piperidine rings is 1. The number of carbonyl (C=O) groups excluding carboxylic acids is 2. The van der Waals surface area contributed by atoms with Gasteiger partial charge in [0, 0.05) is 41.5 Å². The molecule has 2 amide bonds. The molecule has 0 aliphatic carbocycles. The van der Waals surface area contributed by atoms with E-state index in [1.807, 2.05) is 66.4 Å². The lowest BCUT2D eigenvalue weighted by atomic mass is 9.97. The van der Waals surface area contributed by atoms with Crippen LogP contribution in [0.4, 0.5) is 0 Å². The fourth-order valence-electron chi connectivity index (χ4n) is 4.44. The summed E-state index contributed by atoms with van der Waals surface area (Å²) < 4.78 is 5.61. The lowest BCUT2D eigenvalue weighted by Crippen LogP contribution is -2.43. The van der Waals surface area contributed by atoms with Gasteiger partial charge in [0.05, 0.1) is 0 Å². The molecule has 31 heavy (non-hydrogen) atoms. The van der Waals surface area contributed by atoms with Gasteiger partial charge in [-0.15, -0.1) is 0 Å². The second-order valence-electron chi connectivity index (χ2n) is 8.35. The number of rotatable bonds is 4. The molecule has 1 saturated heterocycles. The Morgan fingerprint density at radius 2 is 2.00 bits per heavy atom. The van der Waals surface area contributed by atoms with Crippen molar-refractivity contribution in [3.63, 3.8) is 0 Å². The van der Waals surface area contributed by atoms with Crippen molar-refractivity contribution < 1.29 is 14.0 Å². The number of aryl methyl sites for hydroxylation is 1. The first kappa shape index (κ1) is 19.4. The number of aromatic amines is 1. The van der Waals surface area contributed by atoms with Crippen LogP contribution in [-0.4, -0.2) is 41.3 Å². The highest BCUT2D eigenvalue weighted by molar-refractivity contribution is 5.98. The van der Waals surface area contributed by atoms with Crippen molar-refractivity contribution >= 4 is 33.7 Å². The summed E-state index contributed by atoms with van der Waals surface area (Å²) in [6, 6.07) is 17.2. The number of aromatic nitrogens is 1. The Kier molecular flexibility index (Phi) is 4.98. The molecule has 2 N–H and O–H groups in total. The van der Waals surface area contributed by atoms with Crippen molar-refractivity contribution in [1.82, 2.24) is 15.2 Å². The summed E-state index contributed by atoms with van der Waals surface area (Å²) in [5.41, 5.74) is 2.99. The SMILES string of the molecule is Cc1cc2cc(C(=O)N3CCCC(CNC(=O)c4cc5ccccc5[nH]4)C3)ccc2o1. The number of likely N-dealkylation sites (tertiary alicyclic amines) is 1. The summed E-state index contributed by atoms with van der Waals surface area (Å²) in [6.45, 7) is 3.85. The van der Waals surface area contributed by atoms with Crippen LogP contribution in [0.3, 0.4) is 0 Å².